The van der Waals surface area contributed by atoms with Crippen molar-refractivity contribution >= 4 is 17.5 Å². The van der Waals surface area contributed by atoms with Crippen LogP contribution in [0.1, 0.15) is 37.2 Å². The van der Waals surface area contributed by atoms with Crippen LogP contribution in [-0.4, -0.2) is 29.8 Å². The molecule has 1 fully saturated rings. The monoisotopic (exact) mass is 283 g/mol. The van der Waals surface area contributed by atoms with Gasteiger partial charge in [-0.3, -0.25) is 4.79 Å². The number of benzene rings is 1. The Kier molecular flexibility index (Phi) is 5.20. The molecule has 1 aliphatic heterocycles. The van der Waals surface area contributed by atoms with E-state index in [4.69, 9.17) is 11.6 Å². The first-order valence-corrected chi connectivity index (χ1v) is 7.33. The van der Waals surface area contributed by atoms with E-state index in [0.29, 0.717) is 18.2 Å². The molecule has 1 aromatic carbocycles. The van der Waals surface area contributed by atoms with Crippen LogP contribution < -0.4 is 0 Å². The summed E-state index contributed by atoms with van der Waals surface area (Å²) in [7, 11) is 0. The summed E-state index contributed by atoms with van der Waals surface area (Å²) in [4.78, 5) is 13.9. The summed E-state index contributed by atoms with van der Waals surface area (Å²) in [6.07, 6.45) is 3.59. The number of carbonyl (C=O) groups is 1. The lowest BCUT2D eigenvalue weighted by molar-refractivity contribution is -0.130. The van der Waals surface area contributed by atoms with E-state index in [9.17, 15) is 9.18 Å². The number of hydrogen-bond donors (Lipinski definition) is 0. The maximum Gasteiger partial charge on any atom is 0.223 e. The van der Waals surface area contributed by atoms with E-state index in [0.717, 1.165) is 37.9 Å². The topological polar surface area (TPSA) is 20.3 Å². The van der Waals surface area contributed by atoms with Gasteiger partial charge in [0.2, 0.25) is 5.91 Å². The predicted octanol–water partition coefficient (Wildman–Crippen LogP) is 3.55. The first-order valence-electron chi connectivity index (χ1n) is 6.80. The van der Waals surface area contributed by atoms with Crippen LogP contribution in [0.25, 0.3) is 0 Å². The molecular weight excluding hydrogens is 265 g/mol. The van der Waals surface area contributed by atoms with Gasteiger partial charge >= 0.3 is 0 Å². The van der Waals surface area contributed by atoms with Gasteiger partial charge in [-0.05, 0) is 30.5 Å². The number of halogens is 2. The quantitative estimate of drug-likeness (QED) is 0.777. The van der Waals surface area contributed by atoms with Crippen molar-refractivity contribution in [3.05, 3.63) is 35.6 Å². The third-order valence-corrected chi connectivity index (χ3v) is 3.86. The minimum Gasteiger partial charge on any atom is -0.342 e. The Morgan fingerprint density at radius 2 is 2.05 bits per heavy atom. The van der Waals surface area contributed by atoms with Gasteiger partial charge in [0.25, 0.3) is 0 Å². The SMILES string of the molecule is O=C(CCCl)N1CCCCC(c2ccc(F)cc2)C1. The summed E-state index contributed by atoms with van der Waals surface area (Å²) in [6.45, 7) is 1.54. The van der Waals surface area contributed by atoms with Crippen LogP contribution in [0, 0.1) is 5.82 Å². The largest absolute Gasteiger partial charge is 0.342 e. The average molecular weight is 284 g/mol. The molecule has 1 aromatic rings. The fourth-order valence-corrected chi connectivity index (χ4v) is 2.78. The molecular formula is C15H19ClFNO. The Morgan fingerprint density at radius 3 is 2.74 bits per heavy atom. The normalized spacial score (nSPS) is 20.1. The van der Waals surface area contributed by atoms with Crippen molar-refractivity contribution in [2.45, 2.75) is 31.6 Å². The molecule has 0 N–H and O–H groups in total. The predicted molar refractivity (Wildman–Crippen MR) is 74.9 cm³/mol. The van der Waals surface area contributed by atoms with Crippen LogP contribution >= 0.6 is 11.6 Å². The van der Waals surface area contributed by atoms with Gasteiger partial charge in [0.05, 0.1) is 0 Å². The minimum atomic E-state index is -0.215. The molecule has 0 radical (unpaired) electrons. The number of hydrogen-bond acceptors (Lipinski definition) is 1. The molecule has 0 saturated carbocycles. The van der Waals surface area contributed by atoms with Crippen LogP contribution in [0.2, 0.25) is 0 Å². The Morgan fingerprint density at radius 1 is 1.32 bits per heavy atom. The maximum absolute atomic E-state index is 13.0. The Labute approximate surface area is 118 Å². The van der Waals surface area contributed by atoms with Crippen LogP contribution in [0.5, 0.6) is 0 Å². The fraction of sp³-hybridized carbons (Fsp3) is 0.533. The number of alkyl halides is 1. The number of carbonyl (C=O) groups excluding carboxylic acids is 1. The second-order valence-electron chi connectivity index (χ2n) is 5.02. The highest BCUT2D eigenvalue weighted by atomic mass is 35.5. The molecule has 0 aliphatic carbocycles. The lowest BCUT2D eigenvalue weighted by Gasteiger charge is -2.24. The van der Waals surface area contributed by atoms with E-state index in [1.54, 1.807) is 0 Å². The molecule has 2 rings (SSSR count). The molecule has 0 bridgehead atoms. The molecule has 19 heavy (non-hydrogen) atoms. The standard InChI is InChI=1S/C15H19ClFNO/c16-9-8-15(19)18-10-2-1-3-13(11-18)12-4-6-14(17)7-5-12/h4-7,13H,1-3,8-11H2. The van der Waals surface area contributed by atoms with Crippen molar-refractivity contribution in [3.8, 4) is 0 Å². The van der Waals surface area contributed by atoms with Gasteiger partial charge in [0, 0.05) is 31.3 Å². The third kappa shape index (κ3) is 3.93. The third-order valence-electron chi connectivity index (χ3n) is 3.67. The molecule has 2 nitrogen and oxygen atoms in total. The van der Waals surface area contributed by atoms with Gasteiger partial charge in [-0.25, -0.2) is 4.39 Å². The van der Waals surface area contributed by atoms with Crippen molar-refractivity contribution in [1.82, 2.24) is 4.90 Å². The van der Waals surface area contributed by atoms with Crippen LogP contribution in [0.4, 0.5) is 4.39 Å². The summed E-state index contributed by atoms with van der Waals surface area (Å²) < 4.78 is 13.0. The highest BCUT2D eigenvalue weighted by Crippen LogP contribution is 2.27. The molecule has 1 unspecified atom stereocenters. The first-order chi connectivity index (χ1) is 9.20. The molecule has 104 valence electrons. The first kappa shape index (κ1) is 14.3. The second kappa shape index (κ2) is 6.90. The van der Waals surface area contributed by atoms with Gasteiger partial charge in [-0.2, -0.15) is 0 Å². The molecule has 0 aromatic heterocycles. The molecule has 0 spiro atoms. The van der Waals surface area contributed by atoms with Crippen molar-refractivity contribution in [3.63, 3.8) is 0 Å². The molecule has 1 heterocycles. The van der Waals surface area contributed by atoms with Crippen molar-refractivity contribution in [2.75, 3.05) is 19.0 Å². The molecule has 1 saturated heterocycles. The van der Waals surface area contributed by atoms with Crippen LogP contribution in [-0.2, 0) is 4.79 Å². The molecule has 1 amide bonds. The Bertz CT molecular complexity index is 421. The van der Waals surface area contributed by atoms with Crippen molar-refractivity contribution < 1.29 is 9.18 Å². The highest BCUT2D eigenvalue weighted by molar-refractivity contribution is 6.18. The highest BCUT2D eigenvalue weighted by Gasteiger charge is 2.22. The van der Waals surface area contributed by atoms with E-state index in [1.165, 1.54) is 12.1 Å². The van der Waals surface area contributed by atoms with Crippen molar-refractivity contribution in [2.24, 2.45) is 0 Å². The zero-order valence-corrected chi connectivity index (χ0v) is 11.7. The van der Waals surface area contributed by atoms with Gasteiger partial charge in [-0.15, -0.1) is 11.6 Å². The Balaban J connectivity index is 2.07. The number of likely N-dealkylation sites (tertiary alicyclic amines) is 1. The van der Waals surface area contributed by atoms with E-state index in [2.05, 4.69) is 0 Å². The van der Waals surface area contributed by atoms with Gasteiger partial charge < -0.3 is 4.90 Å². The van der Waals surface area contributed by atoms with Gasteiger partial charge in [0.15, 0.2) is 0 Å². The number of nitrogens with zero attached hydrogens (tertiary/aromatic N) is 1. The van der Waals surface area contributed by atoms with Gasteiger partial charge in [-0.1, -0.05) is 18.6 Å². The van der Waals surface area contributed by atoms with E-state index < -0.39 is 0 Å². The number of amides is 1. The lowest BCUT2D eigenvalue weighted by Crippen LogP contribution is -2.34. The van der Waals surface area contributed by atoms with E-state index in [-0.39, 0.29) is 11.7 Å². The van der Waals surface area contributed by atoms with Crippen LogP contribution in [0.15, 0.2) is 24.3 Å². The minimum absolute atomic E-state index is 0.129. The smallest absolute Gasteiger partial charge is 0.223 e. The Hall–Kier alpha value is -1.09. The summed E-state index contributed by atoms with van der Waals surface area (Å²) in [5, 5.41) is 0. The fourth-order valence-electron chi connectivity index (χ4n) is 2.61. The summed E-state index contributed by atoms with van der Waals surface area (Å²) in [5.41, 5.74) is 1.12. The van der Waals surface area contributed by atoms with E-state index >= 15 is 0 Å². The van der Waals surface area contributed by atoms with Crippen LogP contribution in [0.3, 0.4) is 0 Å². The zero-order valence-electron chi connectivity index (χ0n) is 10.9. The summed E-state index contributed by atoms with van der Waals surface area (Å²) in [6, 6.07) is 6.64. The second-order valence-corrected chi connectivity index (χ2v) is 5.40. The lowest BCUT2D eigenvalue weighted by atomic mass is 9.94. The van der Waals surface area contributed by atoms with E-state index in [1.807, 2.05) is 17.0 Å². The number of rotatable bonds is 3. The summed E-state index contributed by atoms with van der Waals surface area (Å²) in [5.74, 6) is 0.593. The average Bonchev–Trinajstić information content (AvgIpc) is 2.66. The zero-order chi connectivity index (χ0) is 13.7. The molecule has 1 aliphatic rings. The molecule has 1 atom stereocenters. The summed E-state index contributed by atoms with van der Waals surface area (Å²) >= 11 is 5.64. The molecule has 4 heteroatoms. The maximum atomic E-state index is 13.0. The van der Waals surface area contributed by atoms with Crippen molar-refractivity contribution in [1.29, 1.82) is 0 Å². The van der Waals surface area contributed by atoms with Gasteiger partial charge in [0.1, 0.15) is 5.82 Å².